The van der Waals surface area contributed by atoms with Crippen molar-refractivity contribution in [2.75, 3.05) is 38.1 Å². The lowest BCUT2D eigenvalue weighted by Crippen LogP contribution is -2.39. The van der Waals surface area contributed by atoms with Gasteiger partial charge in [-0.3, -0.25) is 0 Å². The van der Waals surface area contributed by atoms with Crippen LogP contribution in [0.3, 0.4) is 0 Å². The molecule has 1 unspecified atom stereocenters. The first kappa shape index (κ1) is 13.8. The summed E-state index contributed by atoms with van der Waals surface area (Å²) in [5.74, 6) is 1.17. The van der Waals surface area contributed by atoms with E-state index in [0.717, 1.165) is 44.8 Å². The van der Waals surface area contributed by atoms with Crippen LogP contribution >= 0.6 is 0 Å². The van der Waals surface area contributed by atoms with Crippen LogP contribution < -0.4 is 5.32 Å². The molecule has 1 fully saturated rings. The number of nitriles is 1. The molecule has 2 rings (SSSR count). The third kappa shape index (κ3) is 4.19. The summed E-state index contributed by atoms with van der Waals surface area (Å²) in [6.45, 7) is 4.11. The second kappa shape index (κ2) is 7.07. The number of aliphatic hydroxyl groups excluding tert-OH is 1. The summed E-state index contributed by atoms with van der Waals surface area (Å²) >= 11 is 0. The molecule has 1 aromatic heterocycles. The number of nitrogens with zero attached hydrogens (tertiary/aromatic N) is 3. The van der Waals surface area contributed by atoms with E-state index in [1.54, 1.807) is 6.07 Å². The van der Waals surface area contributed by atoms with Crippen molar-refractivity contribution < 1.29 is 5.11 Å². The van der Waals surface area contributed by atoms with Crippen molar-refractivity contribution in [3.05, 3.63) is 23.9 Å². The van der Waals surface area contributed by atoms with Crippen molar-refractivity contribution >= 4 is 5.82 Å². The summed E-state index contributed by atoms with van der Waals surface area (Å²) in [6.07, 6.45) is 2.29. The number of hydrogen-bond acceptors (Lipinski definition) is 5. The lowest BCUT2D eigenvalue weighted by atomic mass is 9.99. The summed E-state index contributed by atoms with van der Waals surface area (Å²) in [5.41, 5.74) is 0.434. The average molecular weight is 260 g/mol. The zero-order valence-corrected chi connectivity index (χ0v) is 11.0. The largest absolute Gasteiger partial charge is 0.396 e. The number of aliphatic hydroxyl groups is 1. The van der Waals surface area contributed by atoms with Gasteiger partial charge in [0.1, 0.15) is 17.6 Å². The molecule has 1 saturated heterocycles. The quantitative estimate of drug-likeness (QED) is 0.828. The van der Waals surface area contributed by atoms with Gasteiger partial charge in [0.25, 0.3) is 0 Å². The van der Waals surface area contributed by atoms with E-state index in [2.05, 4.69) is 15.2 Å². The van der Waals surface area contributed by atoms with E-state index in [1.807, 2.05) is 18.2 Å². The van der Waals surface area contributed by atoms with Crippen molar-refractivity contribution in [2.45, 2.75) is 12.8 Å². The van der Waals surface area contributed by atoms with E-state index >= 15 is 0 Å². The molecule has 5 heteroatoms. The minimum absolute atomic E-state index is 0.287. The Balaban J connectivity index is 1.75. The molecule has 0 aliphatic carbocycles. The normalized spacial score (nSPS) is 19.9. The second-order valence-corrected chi connectivity index (χ2v) is 4.94. The van der Waals surface area contributed by atoms with E-state index in [9.17, 15) is 5.11 Å². The smallest absolute Gasteiger partial charge is 0.142 e. The van der Waals surface area contributed by atoms with Crippen LogP contribution in [0.25, 0.3) is 0 Å². The Labute approximate surface area is 113 Å². The topological polar surface area (TPSA) is 72.2 Å². The molecule has 2 heterocycles. The maximum absolute atomic E-state index is 9.19. The van der Waals surface area contributed by atoms with Gasteiger partial charge in [0.15, 0.2) is 0 Å². The first-order chi connectivity index (χ1) is 9.31. The van der Waals surface area contributed by atoms with Gasteiger partial charge in [0.2, 0.25) is 0 Å². The molecule has 0 saturated carbocycles. The SMILES string of the molecule is N#Cc1cccc(NCCN2CCCC(CO)C2)n1. The molecule has 19 heavy (non-hydrogen) atoms. The molecular weight excluding hydrogens is 240 g/mol. The Morgan fingerprint density at radius 3 is 3.21 bits per heavy atom. The van der Waals surface area contributed by atoms with Gasteiger partial charge < -0.3 is 15.3 Å². The predicted octanol–water partition coefficient (Wildman–Crippen LogP) is 1.07. The van der Waals surface area contributed by atoms with E-state index in [-0.39, 0.29) is 6.61 Å². The van der Waals surface area contributed by atoms with E-state index < -0.39 is 0 Å². The van der Waals surface area contributed by atoms with Crippen LogP contribution in [0.2, 0.25) is 0 Å². The Bertz CT molecular complexity index is 443. The van der Waals surface area contributed by atoms with E-state index in [0.29, 0.717) is 11.6 Å². The maximum Gasteiger partial charge on any atom is 0.142 e. The summed E-state index contributed by atoms with van der Waals surface area (Å²) < 4.78 is 0. The lowest BCUT2D eigenvalue weighted by Gasteiger charge is -2.31. The monoisotopic (exact) mass is 260 g/mol. The number of hydrogen-bond donors (Lipinski definition) is 2. The molecule has 0 aromatic carbocycles. The average Bonchev–Trinajstić information content (AvgIpc) is 2.48. The Hall–Kier alpha value is -1.64. The number of aromatic nitrogens is 1. The van der Waals surface area contributed by atoms with Gasteiger partial charge in [-0.2, -0.15) is 5.26 Å². The van der Waals surface area contributed by atoms with Crippen LogP contribution in [0.1, 0.15) is 18.5 Å². The van der Waals surface area contributed by atoms with Crippen LogP contribution in [0, 0.1) is 17.2 Å². The number of piperidine rings is 1. The zero-order chi connectivity index (χ0) is 13.5. The second-order valence-electron chi connectivity index (χ2n) is 4.94. The van der Waals surface area contributed by atoms with Crippen LogP contribution in [-0.4, -0.2) is 47.8 Å². The lowest BCUT2D eigenvalue weighted by molar-refractivity contribution is 0.123. The summed E-state index contributed by atoms with van der Waals surface area (Å²) in [5, 5.41) is 21.2. The molecule has 1 aliphatic rings. The van der Waals surface area contributed by atoms with Gasteiger partial charge in [0.05, 0.1) is 0 Å². The summed E-state index contributed by atoms with van der Waals surface area (Å²) in [4.78, 5) is 6.54. The van der Waals surface area contributed by atoms with Crippen LogP contribution in [0.4, 0.5) is 5.82 Å². The number of likely N-dealkylation sites (tertiary alicyclic amines) is 1. The molecule has 5 nitrogen and oxygen atoms in total. The highest BCUT2D eigenvalue weighted by molar-refractivity contribution is 5.38. The van der Waals surface area contributed by atoms with Crippen molar-refractivity contribution in [3.63, 3.8) is 0 Å². The van der Waals surface area contributed by atoms with Crippen molar-refractivity contribution in [1.82, 2.24) is 9.88 Å². The summed E-state index contributed by atoms with van der Waals surface area (Å²) in [6, 6.07) is 7.43. The van der Waals surface area contributed by atoms with Crippen LogP contribution in [0.15, 0.2) is 18.2 Å². The molecule has 0 spiro atoms. The van der Waals surface area contributed by atoms with Crippen molar-refractivity contribution in [3.8, 4) is 6.07 Å². The Kier molecular flexibility index (Phi) is 5.13. The fourth-order valence-electron chi connectivity index (χ4n) is 2.44. The van der Waals surface area contributed by atoms with Gasteiger partial charge in [-0.25, -0.2) is 4.98 Å². The van der Waals surface area contributed by atoms with Gasteiger partial charge in [-0.1, -0.05) is 6.07 Å². The highest BCUT2D eigenvalue weighted by atomic mass is 16.3. The van der Waals surface area contributed by atoms with Gasteiger partial charge in [0, 0.05) is 26.2 Å². The van der Waals surface area contributed by atoms with Crippen molar-refractivity contribution in [1.29, 1.82) is 5.26 Å². The molecule has 1 aliphatic heterocycles. The number of nitrogens with one attached hydrogen (secondary N) is 1. The molecule has 0 amide bonds. The van der Waals surface area contributed by atoms with Crippen molar-refractivity contribution in [2.24, 2.45) is 5.92 Å². The Morgan fingerprint density at radius 1 is 1.53 bits per heavy atom. The standard InChI is InChI=1S/C14H20N4O/c15-9-13-4-1-5-14(17-13)16-6-8-18-7-2-3-12(10-18)11-19/h1,4-5,12,19H,2-3,6-8,10-11H2,(H,16,17). The fourth-order valence-corrected chi connectivity index (χ4v) is 2.44. The molecule has 1 atom stereocenters. The number of rotatable bonds is 5. The minimum Gasteiger partial charge on any atom is -0.396 e. The molecule has 2 N–H and O–H groups in total. The maximum atomic E-state index is 9.19. The Morgan fingerprint density at radius 2 is 2.42 bits per heavy atom. The molecule has 0 radical (unpaired) electrons. The predicted molar refractivity (Wildman–Crippen MR) is 73.7 cm³/mol. The number of pyridine rings is 1. The highest BCUT2D eigenvalue weighted by Crippen LogP contribution is 2.15. The third-order valence-corrected chi connectivity index (χ3v) is 3.46. The van der Waals surface area contributed by atoms with E-state index in [1.165, 1.54) is 0 Å². The molecule has 102 valence electrons. The molecule has 1 aromatic rings. The first-order valence-electron chi connectivity index (χ1n) is 6.76. The summed E-state index contributed by atoms with van der Waals surface area (Å²) in [7, 11) is 0. The van der Waals surface area contributed by atoms with Gasteiger partial charge in [-0.15, -0.1) is 0 Å². The number of anilines is 1. The minimum atomic E-state index is 0.287. The third-order valence-electron chi connectivity index (χ3n) is 3.46. The van der Waals surface area contributed by atoms with Gasteiger partial charge in [-0.05, 0) is 37.4 Å². The highest BCUT2D eigenvalue weighted by Gasteiger charge is 2.18. The van der Waals surface area contributed by atoms with Crippen LogP contribution in [0.5, 0.6) is 0 Å². The fraction of sp³-hybridized carbons (Fsp3) is 0.571. The first-order valence-corrected chi connectivity index (χ1v) is 6.76. The zero-order valence-electron chi connectivity index (χ0n) is 11.0. The molecular formula is C14H20N4O. The van der Waals surface area contributed by atoms with E-state index in [4.69, 9.17) is 5.26 Å². The molecule has 0 bridgehead atoms. The van der Waals surface area contributed by atoms with Gasteiger partial charge >= 0.3 is 0 Å². The van der Waals surface area contributed by atoms with Crippen LogP contribution in [-0.2, 0) is 0 Å².